The van der Waals surface area contributed by atoms with E-state index in [2.05, 4.69) is 43.2 Å². The number of benzene rings is 1. The fraction of sp³-hybridized carbons (Fsp3) is 0.565. The third-order valence-electron chi connectivity index (χ3n) is 6.24. The number of Topliss-reactive ketones (excluding diaryl/α,β-unsaturated/α-hetero) is 2. The van der Waals surface area contributed by atoms with Crippen molar-refractivity contribution in [1.82, 2.24) is 0 Å². The molecule has 3 aliphatic rings. The summed E-state index contributed by atoms with van der Waals surface area (Å²) in [5, 5.41) is 0. The van der Waals surface area contributed by atoms with Crippen LogP contribution in [-0.4, -0.2) is 31.8 Å². The summed E-state index contributed by atoms with van der Waals surface area (Å²) in [6, 6.07) is 4.15. The van der Waals surface area contributed by atoms with Gasteiger partial charge in [0, 0.05) is 5.92 Å². The second-order valence-corrected chi connectivity index (χ2v) is 14.4. The van der Waals surface area contributed by atoms with Crippen LogP contribution < -0.4 is 0 Å². The summed E-state index contributed by atoms with van der Waals surface area (Å²) < 4.78 is 6.09. The zero-order valence-electron chi connectivity index (χ0n) is 17.1. The zero-order chi connectivity index (χ0) is 19.7. The molecule has 2 heterocycles. The molecular formula is C23H28O3Si. The molecule has 0 amide bonds. The minimum atomic E-state index is -1.47. The molecule has 4 heteroatoms. The van der Waals surface area contributed by atoms with Crippen LogP contribution in [0.25, 0.3) is 0 Å². The Morgan fingerprint density at radius 3 is 2.19 bits per heavy atom. The first kappa shape index (κ1) is 18.7. The van der Waals surface area contributed by atoms with Gasteiger partial charge in [-0.1, -0.05) is 37.3 Å². The summed E-state index contributed by atoms with van der Waals surface area (Å²) in [7, 11) is -1.47. The average molecular weight is 381 g/mol. The fourth-order valence-electron chi connectivity index (χ4n) is 5.34. The van der Waals surface area contributed by atoms with E-state index in [1.165, 1.54) is 0 Å². The molecule has 0 aromatic heterocycles. The quantitative estimate of drug-likeness (QED) is 0.423. The SMILES string of the molecule is Cc1cc(C)c(C2C(=O)C3C4CC(C#C[Si](C)(C)C)C(O4)C3C2=O)c(C)c1. The standard InChI is InChI=1S/C23H28O3Si/c1-12-9-13(2)17(14(3)10-12)19-21(24)18-16-11-15(7-8-27(4,5)6)23(26-16)20(18)22(19)25/h9-10,15-16,18-20,23H,11H2,1-6H3. The van der Waals surface area contributed by atoms with Gasteiger partial charge in [-0.2, -0.15) is 0 Å². The molecule has 2 saturated heterocycles. The van der Waals surface area contributed by atoms with Crippen molar-refractivity contribution in [3.8, 4) is 11.5 Å². The Morgan fingerprint density at radius 1 is 1.00 bits per heavy atom. The smallest absolute Gasteiger partial charge is 0.154 e. The molecule has 2 aliphatic heterocycles. The first-order chi connectivity index (χ1) is 12.6. The molecule has 1 aromatic carbocycles. The first-order valence-corrected chi connectivity index (χ1v) is 13.4. The van der Waals surface area contributed by atoms with Gasteiger partial charge in [-0.15, -0.1) is 11.5 Å². The van der Waals surface area contributed by atoms with Crippen molar-refractivity contribution >= 4 is 19.6 Å². The molecule has 2 bridgehead atoms. The van der Waals surface area contributed by atoms with Crippen molar-refractivity contribution in [2.45, 2.75) is 65.0 Å². The lowest BCUT2D eigenvalue weighted by molar-refractivity contribution is -0.127. The Balaban J connectivity index is 1.68. The Kier molecular flexibility index (Phi) is 4.25. The van der Waals surface area contributed by atoms with E-state index in [9.17, 15) is 9.59 Å². The van der Waals surface area contributed by atoms with Crippen molar-refractivity contribution in [3.63, 3.8) is 0 Å². The third kappa shape index (κ3) is 2.92. The molecule has 4 rings (SSSR count). The maximum Gasteiger partial charge on any atom is 0.154 e. The van der Waals surface area contributed by atoms with Gasteiger partial charge in [-0.3, -0.25) is 9.59 Å². The van der Waals surface area contributed by atoms with E-state index >= 15 is 0 Å². The van der Waals surface area contributed by atoms with E-state index in [-0.39, 0.29) is 41.5 Å². The second kappa shape index (κ2) is 6.15. The largest absolute Gasteiger partial charge is 0.372 e. The Labute approximate surface area is 162 Å². The maximum absolute atomic E-state index is 13.4. The van der Waals surface area contributed by atoms with Crippen LogP contribution in [0.3, 0.4) is 0 Å². The van der Waals surface area contributed by atoms with Crippen LogP contribution >= 0.6 is 0 Å². The minimum Gasteiger partial charge on any atom is -0.372 e. The van der Waals surface area contributed by atoms with Crippen LogP contribution in [-0.2, 0) is 14.3 Å². The monoisotopic (exact) mass is 380 g/mol. The van der Waals surface area contributed by atoms with Crippen LogP contribution in [0.2, 0.25) is 19.6 Å². The highest BCUT2D eigenvalue weighted by molar-refractivity contribution is 6.83. The Morgan fingerprint density at radius 2 is 1.59 bits per heavy atom. The molecule has 1 aliphatic carbocycles. The summed E-state index contributed by atoms with van der Waals surface area (Å²) in [6.07, 6.45) is 0.464. The normalized spacial score (nSPS) is 34.6. The lowest BCUT2D eigenvalue weighted by Gasteiger charge is -2.22. The van der Waals surface area contributed by atoms with Gasteiger partial charge in [0.1, 0.15) is 14.0 Å². The van der Waals surface area contributed by atoms with E-state index in [4.69, 9.17) is 4.74 Å². The van der Waals surface area contributed by atoms with Crippen molar-refractivity contribution in [2.24, 2.45) is 17.8 Å². The minimum absolute atomic E-state index is 0.0621. The van der Waals surface area contributed by atoms with Crippen LogP contribution in [0, 0.1) is 50.0 Å². The number of carbonyl (C=O) groups excluding carboxylic acids is 2. The molecule has 27 heavy (non-hydrogen) atoms. The van der Waals surface area contributed by atoms with Gasteiger partial charge in [0.25, 0.3) is 0 Å². The number of rotatable bonds is 1. The van der Waals surface area contributed by atoms with Crippen LogP contribution in [0.5, 0.6) is 0 Å². The number of aryl methyl sites for hydroxylation is 3. The first-order valence-electron chi connectivity index (χ1n) is 9.92. The molecular weight excluding hydrogens is 352 g/mol. The fourth-order valence-corrected chi connectivity index (χ4v) is 5.96. The molecule has 142 valence electrons. The highest BCUT2D eigenvalue weighted by Crippen LogP contribution is 2.54. The van der Waals surface area contributed by atoms with E-state index < -0.39 is 14.0 Å². The lowest BCUT2D eigenvalue weighted by atomic mass is 9.75. The van der Waals surface area contributed by atoms with E-state index in [0.29, 0.717) is 0 Å². The van der Waals surface area contributed by atoms with Crippen molar-refractivity contribution in [3.05, 3.63) is 34.4 Å². The molecule has 6 atom stereocenters. The van der Waals surface area contributed by atoms with Crippen LogP contribution in [0.1, 0.15) is 34.6 Å². The number of hydrogen-bond donors (Lipinski definition) is 0. The van der Waals surface area contributed by atoms with Gasteiger partial charge in [-0.05, 0) is 43.9 Å². The summed E-state index contributed by atoms with van der Waals surface area (Å²) in [4.78, 5) is 26.7. The zero-order valence-corrected chi connectivity index (χ0v) is 18.1. The number of hydrogen-bond acceptors (Lipinski definition) is 3. The van der Waals surface area contributed by atoms with Gasteiger partial charge in [-0.25, -0.2) is 0 Å². The molecule has 3 nitrogen and oxygen atoms in total. The van der Waals surface area contributed by atoms with Gasteiger partial charge in [0.2, 0.25) is 0 Å². The predicted octanol–water partition coefficient (Wildman–Crippen LogP) is 3.75. The number of ketones is 2. The van der Waals surface area contributed by atoms with Gasteiger partial charge < -0.3 is 4.74 Å². The van der Waals surface area contributed by atoms with Gasteiger partial charge in [0.15, 0.2) is 11.6 Å². The van der Waals surface area contributed by atoms with E-state index in [1.54, 1.807) is 0 Å². The Hall–Kier alpha value is -1.70. The highest BCUT2D eigenvalue weighted by atomic mass is 28.3. The molecule has 1 aromatic rings. The topological polar surface area (TPSA) is 43.4 Å². The summed E-state index contributed by atoms with van der Waals surface area (Å²) in [5.41, 5.74) is 7.61. The molecule has 3 fully saturated rings. The maximum atomic E-state index is 13.4. The number of fused-ring (bicyclic) bond motifs is 5. The number of ether oxygens (including phenoxy) is 1. The van der Waals surface area contributed by atoms with Crippen molar-refractivity contribution < 1.29 is 14.3 Å². The second-order valence-electron chi connectivity index (χ2n) is 9.60. The summed E-state index contributed by atoms with van der Waals surface area (Å²) >= 11 is 0. The predicted molar refractivity (Wildman–Crippen MR) is 108 cm³/mol. The van der Waals surface area contributed by atoms with Crippen molar-refractivity contribution in [1.29, 1.82) is 0 Å². The molecule has 6 unspecified atom stereocenters. The van der Waals surface area contributed by atoms with Gasteiger partial charge in [0.05, 0.1) is 24.0 Å². The molecule has 0 N–H and O–H groups in total. The van der Waals surface area contributed by atoms with E-state index in [1.807, 2.05) is 20.8 Å². The number of carbonyl (C=O) groups is 2. The van der Waals surface area contributed by atoms with Crippen LogP contribution in [0.15, 0.2) is 12.1 Å². The molecule has 0 spiro atoms. The van der Waals surface area contributed by atoms with Crippen LogP contribution in [0.4, 0.5) is 0 Å². The average Bonchev–Trinajstić information content (AvgIpc) is 3.18. The van der Waals surface area contributed by atoms with E-state index in [0.717, 1.165) is 28.7 Å². The summed E-state index contributed by atoms with van der Waals surface area (Å²) in [5.74, 6) is 2.46. The summed E-state index contributed by atoms with van der Waals surface area (Å²) in [6.45, 7) is 12.7. The van der Waals surface area contributed by atoms with Crippen molar-refractivity contribution in [2.75, 3.05) is 0 Å². The molecule has 0 radical (unpaired) electrons. The highest BCUT2D eigenvalue weighted by Gasteiger charge is 2.65. The Bertz CT molecular complexity index is 875. The van der Waals surface area contributed by atoms with Gasteiger partial charge >= 0.3 is 0 Å². The molecule has 1 saturated carbocycles. The third-order valence-corrected chi connectivity index (χ3v) is 7.14. The lowest BCUT2D eigenvalue weighted by Crippen LogP contribution is -2.34.